The van der Waals surface area contributed by atoms with Crippen molar-refractivity contribution in [3.05, 3.63) is 46.8 Å². The summed E-state index contributed by atoms with van der Waals surface area (Å²) in [4.78, 5) is 1.30. The van der Waals surface area contributed by atoms with Crippen LogP contribution in [0.2, 0.25) is 0 Å². The monoisotopic (exact) mass is 203 g/mol. The number of hydrogen-bond acceptors (Lipinski definition) is 2. The van der Waals surface area contributed by atoms with Crippen LogP contribution in [-0.4, -0.2) is 0 Å². The highest BCUT2D eigenvalue weighted by Crippen LogP contribution is 2.27. The van der Waals surface area contributed by atoms with Crippen molar-refractivity contribution < 1.29 is 0 Å². The molecule has 1 aromatic carbocycles. The maximum atomic E-state index is 5.57. The van der Waals surface area contributed by atoms with Crippen LogP contribution in [0.15, 0.2) is 35.7 Å². The molecule has 14 heavy (non-hydrogen) atoms. The summed E-state index contributed by atoms with van der Waals surface area (Å²) in [6.45, 7) is 2.73. The van der Waals surface area contributed by atoms with Crippen LogP contribution in [-0.2, 0) is 6.54 Å². The largest absolute Gasteiger partial charge is 0.326 e. The van der Waals surface area contributed by atoms with E-state index in [1.54, 1.807) is 11.3 Å². The Morgan fingerprint density at radius 3 is 2.50 bits per heavy atom. The average molecular weight is 203 g/mol. The van der Waals surface area contributed by atoms with Gasteiger partial charge in [-0.05, 0) is 29.5 Å². The van der Waals surface area contributed by atoms with Crippen molar-refractivity contribution in [3.63, 3.8) is 0 Å². The summed E-state index contributed by atoms with van der Waals surface area (Å²) in [6.07, 6.45) is 0. The van der Waals surface area contributed by atoms with E-state index in [1.165, 1.54) is 21.6 Å². The Balaban J connectivity index is 2.34. The minimum Gasteiger partial charge on any atom is -0.326 e. The predicted octanol–water partition coefficient (Wildman–Crippen LogP) is 3.18. The topological polar surface area (TPSA) is 26.0 Å². The van der Waals surface area contributed by atoms with Gasteiger partial charge < -0.3 is 5.73 Å². The minimum absolute atomic E-state index is 0.627. The Hall–Kier alpha value is -1.12. The highest BCUT2D eigenvalue weighted by Gasteiger charge is 2.00. The van der Waals surface area contributed by atoms with Crippen molar-refractivity contribution in [2.75, 3.05) is 0 Å². The molecule has 0 aliphatic rings. The molecule has 1 aromatic heterocycles. The van der Waals surface area contributed by atoms with Crippen LogP contribution in [0.3, 0.4) is 0 Å². The zero-order valence-corrected chi connectivity index (χ0v) is 8.97. The molecule has 0 spiro atoms. The average Bonchev–Trinajstić information content (AvgIpc) is 2.67. The zero-order valence-electron chi connectivity index (χ0n) is 8.16. The first-order chi connectivity index (χ1) is 6.79. The van der Waals surface area contributed by atoms with E-state index in [4.69, 9.17) is 5.73 Å². The minimum atomic E-state index is 0.627. The van der Waals surface area contributed by atoms with E-state index in [-0.39, 0.29) is 0 Å². The van der Waals surface area contributed by atoms with E-state index in [1.807, 2.05) is 0 Å². The van der Waals surface area contributed by atoms with Crippen LogP contribution in [0.4, 0.5) is 0 Å². The van der Waals surface area contributed by atoms with Gasteiger partial charge in [0.05, 0.1) is 0 Å². The van der Waals surface area contributed by atoms with Gasteiger partial charge in [-0.1, -0.05) is 29.8 Å². The van der Waals surface area contributed by atoms with Crippen LogP contribution >= 0.6 is 11.3 Å². The lowest BCUT2D eigenvalue weighted by Gasteiger charge is -1.97. The lowest BCUT2D eigenvalue weighted by molar-refractivity contribution is 1.08. The fourth-order valence-electron chi connectivity index (χ4n) is 1.35. The molecule has 2 N–H and O–H groups in total. The molecule has 0 aliphatic carbocycles. The Labute approximate surface area is 88.2 Å². The van der Waals surface area contributed by atoms with Crippen molar-refractivity contribution in [1.29, 1.82) is 0 Å². The van der Waals surface area contributed by atoms with Gasteiger partial charge in [0.2, 0.25) is 0 Å². The summed E-state index contributed by atoms with van der Waals surface area (Å²) in [7, 11) is 0. The molecule has 0 bridgehead atoms. The number of aryl methyl sites for hydroxylation is 1. The van der Waals surface area contributed by atoms with Gasteiger partial charge in [0.25, 0.3) is 0 Å². The normalized spacial score (nSPS) is 10.4. The fourth-order valence-corrected chi connectivity index (χ4v) is 2.29. The lowest BCUT2D eigenvalue weighted by atomic mass is 10.1. The maximum Gasteiger partial charge on any atom is 0.0346 e. The molecule has 0 radical (unpaired) electrons. The van der Waals surface area contributed by atoms with Gasteiger partial charge >= 0.3 is 0 Å². The van der Waals surface area contributed by atoms with Gasteiger partial charge in [-0.25, -0.2) is 0 Å². The summed E-state index contributed by atoms with van der Waals surface area (Å²) in [5.41, 5.74) is 9.36. The second-order valence-corrected chi connectivity index (χ2v) is 4.30. The van der Waals surface area contributed by atoms with Gasteiger partial charge in [0, 0.05) is 11.4 Å². The first-order valence-corrected chi connectivity index (χ1v) is 5.52. The number of benzene rings is 1. The van der Waals surface area contributed by atoms with Crippen LogP contribution in [0, 0.1) is 6.92 Å². The lowest BCUT2D eigenvalue weighted by Crippen LogP contribution is -1.92. The van der Waals surface area contributed by atoms with E-state index in [0.717, 1.165) is 0 Å². The van der Waals surface area contributed by atoms with Crippen LogP contribution in [0.1, 0.15) is 11.1 Å². The summed E-state index contributed by atoms with van der Waals surface area (Å²) < 4.78 is 0. The summed E-state index contributed by atoms with van der Waals surface area (Å²) in [5.74, 6) is 0. The highest BCUT2D eigenvalue weighted by atomic mass is 32.1. The molecule has 0 saturated heterocycles. The Bertz CT molecular complexity index is 414. The van der Waals surface area contributed by atoms with Crippen molar-refractivity contribution in [2.45, 2.75) is 13.5 Å². The van der Waals surface area contributed by atoms with Gasteiger partial charge in [-0.15, -0.1) is 11.3 Å². The van der Waals surface area contributed by atoms with Gasteiger partial charge in [0.1, 0.15) is 0 Å². The number of nitrogens with two attached hydrogens (primary N) is 1. The molecule has 72 valence electrons. The Morgan fingerprint density at radius 1 is 1.21 bits per heavy atom. The van der Waals surface area contributed by atoms with Gasteiger partial charge in [-0.3, -0.25) is 0 Å². The van der Waals surface area contributed by atoms with Crippen LogP contribution < -0.4 is 5.73 Å². The molecule has 0 amide bonds. The maximum absolute atomic E-state index is 5.57. The van der Waals surface area contributed by atoms with Crippen molar-refractivity contribution in [2.24, 2.45) is 5.73 Å². The molecule has 2 rings (SSSR count). The summed E-state index contributed by atoms with van der Waals surface area (Å²) >= 11 is 1.75. The second kappa shape index (κ2) is 3.95. The van der Waals surface area contributed by atoms with Crippen molar-refractivity contribution in [1.82, 2.24) is 0 Å². The SMILES string of the molecule is Cc1ccc(-c2cc(CN)cs2)cc1. The van der Waals surface area contributed by atoms with E-state index in [0.29, 0.717) is 6.54 Å². The van der Waals surface area contributed by atoms with Crippen molar-refractivity contribution in [3.8, 4) is 10.4 Å². The standard InChI is InChI=1S/C12H13NS/c1-9-2-4-11(5-3-9)12-6-10(7-13)8-14-12/h2-6,8H,7,13H2,1H3. The van der Waals surface area contributed by atoms with Crippen LogP contribution in [0.5, 0.6) is 0 Å². The third kappa shape index (κ3) is 1.86. The molecule has 2 aromatic rings. The first-order valence-electron chi connectivity index (χ1n) is 4.64. The second-order valence-electron chi connectivity index (χ2n) is 3.39. The third-order valence-corrected chi connectivity index (χ3v) is 3.25. The number of rotatable bonds is 2. The molecule has 1 heterocycles. The molecule has 2 heteroatoms. The smallest absolute Gasteiger partial charge is 0.0346 e. The molecule has 0 aliphatic heterocycles. The van der Waals surface area contributed by atoms with E-state index >= 15 is 0 Å². The predicted molar refractivity (Wildman–Crippen MR) is 62.4 cm³/mol. The first kappa shape index (κ1) is 9.44. The number of hydrogen-bond donors (Lipinski definition) is 1. The molecule has 0 atom stereocenters. The Morgan fingerprint density at radius 2 is 1.93 bits per heavy atom. The van der Waals surface area contributed by atoms with E-state index in [2.05, 4.69) is 42.6 Å². The van der Waals surface area contributed by atoms with Crippen LogP contribution in [0.25, 0.3) is 10.4 Å². The molecule has 0 saturated carbocycles. The molecular formula is C12H13NS. The quantitative estimate of drug-likeness (QED) is 0.797. The highest BCUT2D eigenvalue weighted by molar-refractivity contribution is 7.13. The van der Waals surface area contributed by atoms with Gasteiger partial charge in [0.15, 0.2) is 0 Å². The number of thiophene rings is 1. The third-order valence-electron chi connectivity index (χ3n) is 2.23. The zero-order chi connectivity index (χ0) is 9.97. The molecular weight excluding hydrogens is 190 g/mol. The fraction of sp³-hybridized carbons (Fsp3) is 0.167. The van der Waals surface area contributed by atoms with E-state index in [9.17, 15) is 0 Å². The van der Waals surface area contributed by atoms with Gasteiger partial charge in [-0.2, -0.15) is 0 Å². The molecule has 0 unspecified atom stereocenters. The molecule has 1 nitrogen and oxygen atoms in total. The summed E-state index contributed by atoms with van der Waals surface area (Å²) in [6, 6.07) is 10.7. The van der Waals surface area contributed by atoms with E-state index < -0.39 is 0 Å². The Kier molecular flexibility index (Phi) is 2.66. The van der Waals surface area contributed by atoms with Crippen molar-refractivity contribution >= 4 is 11.3 Å². The summed E-state index contributed by atoms with van der Waals surface area (Å²) in [5, 5.41) is 2.12. The molecule has 0 fully saturated rings.